The summed E-state index contributed by atoms with van der Waals surface area (Å²) in [6.45, 7) is 1.17. The number of amides is 3. The average molecular weight is 421 g/mol. The monoisotopic (exact) mass is 421 g/mol. The van der Waals surface area contributed by atoms with Gasteiger partial charge in [-0.05, 0) is 23.6 Å². The highest BCUT2D eigenvalue weighted by atomic mass is 16.6. The third-order valence-electron chi connectivity index (χ3n) is 4.72. The first kappa shape index (κ1) is 21.9. The molecule has 0 bridgehead atoms. The second-order valence-electron chi connectivity index (χ2n) is 7.07. The van der Waals surface area contributed by atoms with E-state index in [1.807, 2.05) is 36.4 Å². The van der Waals surface area contributed by atoms with E-state index >= 15 is 0 Å². The highest BCUT2D eigenvalue weighted by molar-refractivity contribution is 6.09. The third kappa shape index (κ3) is 5.43. The van der Waals surface area contributed by atoms with Gasteiger partial charge >= 0.3 is 5.97 Å². The van der Waals surface area contributed by atoms with Crippen molar-refractivity contribution in [3.05, 3.63) is 77.9 Å². The van der Waals surface area contributed by atoms with Gasteiger partial charge in [0.25, 0.3) is 11.8 Å². The first-order chi connectivity index (χ1) is 14.9. The molecule has 2 aromatic carbocycles. The molecule has 3 N–H and O–H groups in total. The van der Waals surface area contributed by atoms with Gasteiger partial charge in [-0.25, -0.2) is 0 Å². The van der Waals surface area contributed by atoms with Crippen molar-refractivity contribution in [2.75, 3.05) is 0 Å². The van der Waals surface area contributed by atoms with Gasteiger partial charge in [0.15, 0.2) is 6.04 Å². The molecule has 1 aliphatic rings. The molecule has 1 fully saturated rings. The van der Waals surface area contributed by atoms with Crippen LogP contribution in [0.5, 0.6) is 0 Å². The highest BCUT2D eigenvalue weighted by Gasteiger charge is 2.50. The zero-order valence-electron chi connectivity index (χ0n) is 16.9. The topological polar surface area (TPSA) is 119 Å². The molecule has 3 atom stereocenters. The Morgan fingerprint density at radius 1 is 1.10 bits per heavy atom. The number of esters is 1. The number of β-lactam (4-membered cyclic amide) rings is 1. The summed E-state index contributed by atoms with van der Waals surface area (Å²) >= 11 is 0. The minimum absolute atomic E-state index is 0.179. The Morgan fingerprint density at radius 3 is 2.29 bits per heavy atom. The van der Waals surface area contributed by atoms with Crippen LogP contribution in [0.25, 0.3) is 6.08 Å². The molecule has 1 saturated heterocycles. The molecule has 0 radical (unpaired) electrons. The van der Waals surface area contributed by atoms with E-state index in [-0.39, 0.29) is 6.42 Å². The lowest BCUT2D eigenvalue weighted by molar-refractivity contribution is -0.177. The molecule has 0 spiro atoms. The second kappa shape index (κ2) is 9.82. The minimum Gasteiger partial charge on any atom is -0.439 e. The molecule has 8 nitrogen and oxygen atoms in total. The number of benzene rings is 2. The number of hydrogen-bond donors (Lipinski definition) is 2. The highest BCUT2D eigenvalue weighted by Crippen LogP contribution is 2.19. The molecule has 1 heterocycles. The summed E-state index contributed by atoms with van der Waals surface area (Å²) in [6.07, 6.45) is 1.78. The van der Waals surface area contributed by atoms with Gasteiger partial charge in [0, 0.05) is 13.0 Å². The SMILES string of the molecule is CC(=O)O[C@@H]1NC(=O)[C@H]1N(C(=O)/C=C/c1ccccc1)C(=O)[C@@H](N)Cc1ccccc1. The number of carbonyl (C=O) groups is 4. The number of ether oxygens (including phenoxy) is 1. The van der Waals surface area contributed by atoms with Crippen LogP contribution in [0.3, 0.4) is 0 Å². The molecule has 1 aliphatic heterocycles. The number of rotatable bonds is 7. The molecular weight excluding hydrogens is 398 g/mol. The number of nitrogens with two attached hydrogens (primary N) is 1. The molecule has 2 aromatic rings. The second-order valence-corrected chi connectivity index (χ2v) is 7.07. The van der Waals surface area contributed by atoms with Gasteiger partial charge in [-0.3, -0.25) is 24.1 Å². The lowest BCUT2D eigenvalue weighted by Gasteiger charge is -2.41. The van der Waals surface area contributed by atoms with Crippen LogP contribution in [-0.2, 0) is 30.3 Å². The lowest BCUT2D eigenvalue weighted by atomic mass is 10.0. The molecule has 0 unspecified atom stereocenters. The number of hydrogen-bond acceptors (Lipinski definition) is 6. The third-order valence-corrected chi connectivity index (χ3v) is 4.72. The van der Waals surface area contributed by atoms with E-state index in [1.54, 1.807) is 24.3 Å². The molecule has 0 aromatic heterocycles. The van der Waals surface area contributed by atoms with Gasteiger partial charge in [0.1, 0.15) is 0 Å². The van der Waals surface area contributed by atoms with Crippen molar-refractivity contribution in [2.24, 2.45) is 5.73 Å². The Kier molecular flexibility index (Phi) is 6.94. The predicted molar refractivity (Wildman–Crippen MR) is 113 cm³/mol. The average Bonchev–Trinajstić information content (AvgIpc) is 2.76. The van der Waals surface area contributed by atoms with E-state index in [9.17, 15) is 19.2 Å². The minimum atomic E-state index is -1.29. The lowest BCUT2D eigenvalue weighted by Crippen LogP contribution is -2.73. The van der Waals surface area contributed by atoms with E-state index < -0.39 is 42.0 Å². The molecule has 0 saturated carbocycles. The summed E-state index contributed by atoms with van der Waals surface area (Å²) in [6, 6.07) is 15.8. The Hall–Kier alpha value is -3.78. The summed E-state index contributed by atoms with van der Waals surface area (Å²) in [5.74, 6) is -2.71. The normalized spacial score (nSPS) is 18.6. The van der Waals surface area contributed by atoms with Crippen molar-refractivity contribution in [3.63, 3.8) is 0 Å². The van der Waals surface area contributed by atoms with Crippen molar-refractivity contribution < 1.29 is 23.9 Å². The maximum atomic E-state index is 13.1. The molecule has 160 valence electrons. The smallest absolute Gasteiger partial charge is 0.304 e. The summed E-state index contributed by atoms with van der Waals surface area (Å²) < 4.78 is 5.03. The Morgan fingerprint density at radius 2 is 1.71 bits per heavy atom. The fourth-order valence-electron chi connectivity index (χ4n) is 3.20. The molecule has 3 amide bonds. The summed E-state index contributed by atoms with van der Waals surface area (Å²) in [7, 11) is 0. The van der Waals surface area contributed by atoms with Gasteiger partial charge in [-0.2, -0.15) is 0 Å². The van der Waals surface area contributed by atoms with Crippen LogP contribution in [0.15, 0.2) is 66.7 Å². The fraction of sp³-hybridized carbons (Fsp3) is 0.217. The maximum Gasteiger partial charge on any atom is 0.304 e. The van der Waals surface area contributed by atoms with Crippen LogP contribution in [0.1, 0.15) is 18.1 Å². The van der Waals surface area contributed by atoms with Crippen LogP contribution in [0, 0.1) is 0 Å². The summed E-state index contributed by atoms with van der Waals surface area (Å²) in [5.41, 5.74) is 7.65. The first-order valence-corrected chi connectivity index (χ1v) is 9.74. The van der Waals surface area contributed by atoms with E-state index in [1.165, 1.54) is 19.1 Å². The van der Waals surface area contributed by atoms with Crippen molar-refractivity contribution >= 4 is 29.8 Å². The van der Waals surface area contributed by atoms with Gasteiger partial charge in [0.05, 0.1) is 6.04 Å². The van der Waals surface area contributed by atoms with Crippen LogP contribution >= 0.6 is 0 Å². The maximum absolute atomic E-state index is 13.1. The first-order valence-electron chi connectivity index (χ1n) is 9.74. The van der Waals surface area contributed by atoms with E-state index in [0.717, 1.165) is 16.0 Å². The van der Waals surface area contributed by atoms with Crippen LogP contribution in [0.4, 0.5) is 0 Å². The van der Waals surface area contributed by atoms with E-state index in [0.29, 0.717) is 0 Å². The van der Waals surface area contributed by atoms with Crippen molar-refractivity contribution in [3.8, 4) is 0 Å². The van der Waals surface area contributed by atoms with Crippen molar-refractivity contribution in [1.82, 2.24) is 10.2 Å². The Bertz CT molecular complexity index is 991. The fourth-order valence-corrected chi connectivity index (χ4v) is 3.20. The summed E-state index contributed by atoms with van der Waals surface area (Å²) in [5, 5.41) is 2.38. The zero-order chi connectivity index (χ0) is 22.4. The summed E-state index contributed by atoms with van der Waals surface area (Å²) in [4.78, 5) is 50.4. The molecule has 3 rings (SSSR count). The Labute approximate surface area is 179 Å². The Balaban J connectivity index is 1.85. The van der Waals surface area contributed by atoms with Gasteiger partial charge < -0.3 is 15.8 Å². The van der Waals surface area contributed by atoms with Gasteiger partial charge in [-0.15, -0.1) is 0 Å². The quantitative estimate of drug-likeness (QED) is 0.391. The van der Waals surface area contributed by atoms with Crippen LogP contribution < -0.4 is 11.1 Å². The van der Waals surface area contributed by atoms with Crippen LogP contribution in [0.2, 0.25) is 0 Å². The van der Waals surface area contributed by atoms with Gasteiger partial charge in [-0.1, -0.05) is 60.7 Å². The van der Waals surface area contributed by atoms with Crippen molar-refractivity contribution in [2.45, 2.75) is 31.7 Å². The molecule has 31 heavy (non-hydrogen) atoms. The molecule has 8 heteroatoms. The standard InChI is InChI=1S/C23H23N3O5/c1-15(27)31-22-20(21(29)25-22)26(19(28)13-12-16-8-4-2-5-9-16)23(30)18(24)14-17-10-6-3-7-11-17/h2-13,18,20,22H,14,24H2,1H3,(H,25,29)/b13-12+/t18-,20+,22-/m0/s1. The number of nitrogens with zero attached hydrogens (tertiary/aromatic N) is 1. The van der Waals surface area contributed by atoms with Crippen molar-refractivity contribution in [1.29, 1.82) is 0 Å². The van der Waals surface area contributed by atoms with Crippen LogP contribution in [-0.4, -0.2) is 46.9 Å². The number of nitrogens with one attached hydrogen (secondary N) is 1. The van der Waals surface area contributed by atoms with Gasteiger partial charge in [0.2, 0.25) is 12.1 Å². The van der Waals surface area contributed by atoms with E-state index in [4.69, 9.17) is 10.5 Å². The zero-order valence-corrected chi connectivity index (χ0v) is 16.9. The molecule has 0 aliphatic carbocycles. The number of imide groups is 1. The largest absolute Gasteiger partial charge is 0.439 e. The predicted octanol–water partition coefficient (Wildman–Crippen LogP) is 1.01. The van der Waals surface area contributed by atoms with E-state index in [2.05, 4.69) is 5.32 Å². The molecular formula is C23H23N3O5. The number of carbonyl (C=O) groups excluding carboxylic acids is 4.